The summed E-state index contributed by atoms with van der Waals surface area (Å²) >= 11 is 0. The van der Waals surface area contributed by atoms with Gasteiger partial charge in [0.25, 0.3) is 15.9 Å². The van der Waals surface area contributed by atoms with Gasteiger partial charge in [-0.25, -0.2) is 8.42 Å². The van der Waals surface area contributed by atoms with Gasteiger partial charge in [0.15, 0.2) is 0 Å². The van der Waals surface area contributed by atoms with Gasteiger partial charge in [0.2, 0.25) is 0 Å². The maximum absolute atomic E-state index is 13.1. The highest BCUT2D eigenvalue weighted by Gasteiger charge is 2.22. The molecule has 0 bridgehead atoms. The average molecular weight is 439 g/mol. The van der Waals surface area contributed by atoms with Crippen LogP contribution >= 0.6 is 0 Å². The van der Waals surface area contributed by atoms with Gasteiger partial charge in [-0.3, -0.25) is 9.52 Å². The van der Waals surface area contributed by atoms with Crippen LogP contribution in [-0.4, -0.2) is 27.5 Å². The number of aryl methyl sites for hydroxylation is 1. The van der Waals surface area contributed by atoms with Crippen molar-refractivity contribution in [2.45, 2.75) is 25.7 Å². The molecule has 0 atom stereocenters. The molecule has 3 rings (SSSR count). The standard InChI is InChI=1S/C24H26N2O4S/c1-4-26(21-9-7-6-8-10-21)24(27)19-12-11-18(3)23(17-19)31(28,29)25-20-13-15-22(16-14-20)30-5-2/h6-17,25H,4-5H2,1-3H3. The van der Waals surface area contributed by atoms with Crippen molar-refractivity contribution in [2.24, 2.45) is 0 Å². The fourth-order valence-electron chi connectivity index (χ4n) is 3.23. The third kappa shape index (κ3) is 5.24. The summed E-state index contributed by atoms with van der Waals surface area (Å²) in [5.74, 6) is 0.404. The predicted molar refractivity (Wildman–Crippen MR) is 123 cm³/mol. The van der Waals surface area contributed by atoms with Gasteiger partial charge in [-0.2, -0.15) is 0 Å². The monoisotopic (exact) mass is 438 g/mol. The van der Waals surface area contributed by atoms with E-state index in [1.54, 1.807) is 48.2 Å². The van der Waals surface area contributed by atoms with Crippen LogP contribution in [0.2, 0.25) is 0 Å². The van der Waals surface area contributed by atoms with E-state index in [2.05, 4.69) is 4.72 Å². The van der Waals surface area contributed by atoms with Crippen LogP contribution in [-0.2, 0) is 10.0 Å². The maximum Gasteiger partial charge on any atom is 0.262 e. The minimum atomic E-state index is -3.88. The molecule has 0 unspecified atom stereocenters. The smallest absolute Gasteiger partial charge is 0.262 e. The Morgan fingerprint density at radius 1 is 0.968 bits per heavy atom. The highest BCUT2D eigenvalue weighted by atomic mass is 32.2. The number of amides is 1. The van der Waals surface area contributed by atoms with E-state index in [4.69, 9.17) is 4.74 Å². The van der Waals surface area contributed by atoms with E-state index in [1.807, 2.05) is 44.2 Å². The van der Waals surface area contributed by atoms with Crippen LogP contribution in [0, 0.1) is 6.92 Å². The number of benzene rings is 3. The van der Waals surface area contributed by atoms with Gasteiger partial charge in [0, 0.05) is 23.5 Å². The minimum absolute atomic E-state index is 0.0661. The molecule has 31 heavy (non-hydrogen) atoms. The summed E-state index contributed by atoms with van der Waals surface area (Å²) in [6.07, 6.45) is 0. The number of para-hydroxylation sites is 1. The average Bonchev–Trinajstić information content (AvgIpc) is 2.76. The molecule has 0 saturated carbocycles. The molecule has 7 heteroatoms. The lowest BCUT2D eigenvalue weighted by Gasteiger charge is -2.21. The molecule has 0 aliphatic heterocycles. The summed E-state index contributed by atoms with van der Waals surface area (Å²) in [4.78, 5) is 14.8. The Balaban J connectivity index is 1.89. The molecule has 3 aromatic rings. The van der Waals surface area contributed by atoms with Crippen molar-refractivity contribution in [3.8, 4) is 5.75 Å². The van der Waals surface area contributed by atoms with Crippen LogP contribution in [0.4, 0.5) is 11.4 Å². The van der Waals surface area contributed by atoms with Crippen LogP contribution < -0.4 is 14.4 Å². The molecule has 0 saturated heterocycles. The molecule has 1 N–H and O–H groups in total. The SMILES string of the molecule is CCOc1ccc(NS(=O)(=O)c2cc(C(=O)N(CC)c3ccccc3)ccc2C)cc1. The molecule has 0 heterocycles. The van der Waals surface area contributed by atoms with Crippen LogP contribution in [0.15, 0.2) is 77.7 Å². The highest BCUT2D eigenvalue weighted by molar-refractivity contribution is 7.92. The van der Waals surface area contributed by atoms with Gasteiger partial charge in [-0.1, -0.05) is 24.3 Å². The number of carbonyl (C=O) groups excluding carboxylic acids is 1. The van der Waals surface area contributed by atoms with E-state index in [1.165, 1.54) is 6.07 Å². The van der Waals surface area contributed by atoms with Crippen molar-refractivity contribution in [3.63, 3.8) is 0 Å². The first-order valence-electron chi connectivity index (χ1n) is 10.1. The van der Waals surface area contributed by atoms with E-state index in [9.17, 15) is 13.2 Å². The van der Waals surface area contributed by atoms with Gasteiger partial charge in [-0.05, 0) is 74.9 Å². The van der Waals surface area contributed by atoms with Crippen molar-refractivity contribution < 1.29 is 17.9 Å². The van der Waals surface area contributed by atoms with Crippen LogP contribution in [0.5, 0.6) is 5.75 Å². The number of nitrogens with zero attached hydrogens (tertiary/aromatic N) is 1. The van der Waals surface area contributed by atoms with Crippen LogP contribution in [0.1, 0.15) is 29.8 Å². The van der Waals surface area contributed by atoms with Gasteiger partial charge in [0.05, 0.1) is 11.5 Å². The third-order valence-corrected chi connectivity index (χ3v) is 6.29. The zero-order valence-electron chi connectivity index (χ0n) is 17.8. The lowest BCUT2D eigenvalue weighted by Crippen LogP contribution is -2.30. The second-order valence-electron chi connectivity index (χ2n) is 6.93. The molecule has 0 fully saturated rings. The summed E-state index contributed by atoms with van der Waals surface area (Å²) in [5.41, 5.74) is 2.03. The normalized spacial score (nSPS) is 11.1. The second kappa shape index (κ2) is 9.66. The Morgan fingerprint density at radius 2 is 1.65 bits per heavy atom. The van der Waals surface area contributed by atoms with Crippen LogP contribution in [0.3, 0.4) is 0 Å². The zero-order valence-corrected chi connectivity index (χ0v) is 18.6. The maximum atomic E-state index is 13.1. The van der Waals surface area contributed by atoms with E-state index < -0.39 is 10.0 Å². The summed E-state index contributed by atoms with van der Waals surface area (Å²) < 4.78 is 34.1. The Labute approximate surface area is 183 Å². The Hall–Kier alpha value is -3.32. The van der Waals surface area contributed by atoms with E-state index in [0.29, 0.717) is 35.7 Å². The highest BCUT2D eigenvalue weighted by Crippen LogP contribution is 2.24. The quantitative estimate of drug-likeness (QED) is 0.545. The molecule has 0 aliphatic carbocycles. The van der Waals surface area contributed by atoms with Gasteiger partial charge in [-0.15, -0.1) is 0 Å². The van der Waals surface area contributed by atoms with Gasteiger partial charge < -0.3 is 9.64 Å². The van der Waals surface area contributed by atoms with Gasteiger partial charge >= 0.3 is 0 Å². The molecule has 0 radical (unpaired) electrons. The number of hydrogen-bond donors (Lipinski definition) is 1. The third-order valence-electron chi connectivity index (χ3n) is 4.77. The Morgan fingerprint density at radius 3 is 2.26 bits per heavy atom. The van der Waals surface area contributed by atoms with E-state index in [0.717, 1.165) is 5.69 Å². The van der Waals surface area contributed by atoms with E-state index in [-0.39, 0.29) is 10.8 Å². The summed E-state index contributed by atoms with van der Waals surface area (Å²) in [7, 11) is -3.88. The molecule has 3 aromatic carbocycles. The molecule has 0 aromatic heterocycles. The van der Waals surface area contributed by atoms with Crippen molar-refractivity contribution in [3.05, 3.63) is 83.9 Å². The second-order valence-corrected chi connectivity index (χ2v) is 8.58. The number of ether oxygens (including phenoxy) is 1. The molecule has 6 nitrogen and oxygen atoms in total. The molecule has 0 aliphatic rings. The molecule has 162 valence electrons. The first kappa shape index (κ1) is 22.4. The predicted octanol–water partition coefficient (Wildman–Crippen LogP) is 4.86. The molecular formula is C24H26N2O4S. The molecule has 0 spiro atoms. The van der Waals surface area contributed by atoms with Gasteiger partial charge in [0.1, 0.15) is 5.75 Å². The van der Waals surface area contributed by atoms with Crippen molar-refractivity contribution in [1.29, 1.82) is 0 Å². The lowest BCUT2D eigenvalue weighted by atomic mass is 10.1. The number of sulfonamides is 1. The minimum Gasteiger partial charge on any atom is -0.494 e. The topological polar surface area (TPSA) is 75.7 Å². The first-order chi connectivity index (χ1) is 14.9. The summed E-state index contributed by atoms with van der Waals surface area (Å²) in [6.45, 7) is 6.46. The number of hydrogen-bond acceptors (Lipinski definition) is 4. The Bertz CT molecular complexity index is 1140. The molecular weight excluding hydrogens is 412 g/mol. The first-order valence-corrected chi connectivity index (χ1v) is 11.6. The largest absolute Gasteiger partial charge is 0.494 e. The van der Waals surface area contributed by atoms with Crippen molar-refractivity contribution in [1.82, 2.24) is 0 Å². The number of anilines is 2. The fourth-order valence-corrected chi connectivity index (χ4v) is 4.56. The van der Waals surface area contributed by atoms with Crippen molar-refractivity contribution in [2.75, 3.05) is 22.8 Å². The van der Waals surface area contributed by atoms with Crippen molar-refractivity contribution >= 4 is 27.3 Å². The zero-order chi connectivity index (χ0) is 22.4. The van der Waals surface area contributed by atoms with E-state index >= 15 is 0 Å². The lowest BCUT2D eigenvalue weighted by molar-refractivity contribution is 0.0988. The summed E-state index contributed by atoms with van der Waals surface area (Å²) in [6, 6.07) is 20.7. The number of rotatable bonds is 8. The fraction of sp³-hybridized carbons (Fsp3) is 0.208. The summed E-state index contributed by atoms with van der Waals surface area (Å²) in [5, 5.41) is 0. The van der Waals surface area contributed by atoms with Crippen LogP contribution in [0.25, 0.3) is 0 Å². The Kier molecular flexibility index (Phi) is 6.97. The number of nitrogens with one attached hydrogen (secondary N) is 1. The molecule has 1 amide bonds. The number of carbonyl (C=O) groups is 1.